The van der Waals surface area contributed by atoms with Gasteiger partial charge in [0.2, 0.25) is 15.2 Å². The van der Waals surface area contributed by atoms with Crippen LogP contribution in [0.2, 0.25) is 0 Å². The molecule has 0 radical (unpaired) electrons. The molecule has 3 aromatic rings. The summed E-state index contributed by atoms with van der Waals surface area (Å²) >= 11 is 1.28. The maximum absolute atomic E-state index is 12.6. The van der Waals surface area contributed by atoms with Gasteiger partial charge in [-0.1, -0.05) is 29.8 Å². The van der Waals surface area contributed by atoms with Crippen LogP contribution in [0.3, 0.4) is 0 Å². The summed E-state index contributed by atoms with van der Waals surface area (Å²) in [5, 5.41) is 3.83. The minimum atomic E-state index is -3.55. The smallest absolute Gasteiger partial charge is 0.242 e. The van der Waals surface area contributed by atoms with Crippen molar-refractivity contribution in [2.24, 2.45) is 0 Å². The van der Waals surface area contributed by atoms with Crippen molar-refractivity contribution in [3.8, 4) is 5.75 Å². The van der Waals surface area contributed by atoms with Gasteiger partial charge in [-0.3, -0.25) is 0 Å². The number of ether oxygens (including phenoxy) is 1. The number of methoxy groups -OCH3 is 1. The van der Waals surface area contributed by atoms with Gasteiger partial charge in [-0.2, -0.15) is 8.68 Å². The van der Waals surface area contributed by atoms with E-state index in [4.69, 9.17) is 4.74 Å². The maximum atomic E-state index is 12.6. The Morgan fingerprint density at radius 2 is 1.79 bits per heavy atom. The molecule has 0 aliphatic rings. The van der Waals surface area contributed by atoms with E-state index in [1.165, 1.54) is 21.4 Å². The number of nitrogens with one attached hydrogen (secondary N) is 1. The molecule has 1 N–H and O–H groups in total. The monoisotopic (exact) mass is 432 g/mol. The topological polar surface area (TPSA) is 84.4 Å². The first-order valence-electron chi connectivity index (χ1n) is 9.11. The summed E-state index contributed by atoms with van der Waals surface area (Å²) in [6, 6.07) is 14.6. The Hall–Kier alpha value is -2.49. The quantitative estimate of drug-likeness (QED) is 0.559. The highest BCUT2D eigenvalue weighted by molar-refractivity contribution is 7.89. The van der Waals surface area contributed by atoms with Crippen molar-refractivity contribution in [1.82, 2.24) is 13.7 Å². The maximum Gasteiger partial charge on any atom is 0.242 e. The highest BCUT2D eigenvalue weighted by Crippen LogP contribution is 2.19. The Morgan fingerprint density at radius 1 is 1.10 bits per heavy atom. The van der Waals surface area contributed by atoms with Gasteiger partial charge in [-0.25, -0.2) is 13.4 Å². The zero-order valence-corrected chi connectivity index (χ0v) is 18.3. The second-order valence-corrected chi connectivity index (χ2v) is 9.40. The zero-order valence-electron chi connectivity index (χ0n) is 16.6. The number of aromatic nitrogens is 2. The lowest BCUT2D eigenvalue weighted by Crippen LogP contribution is -2.31. The molecule has 0 aliphatic heterocycles. The molecular weight excluding hydrogens is 408 g/mol. The number of rotatable bonds is 9. The number of hydrogen-bond donors (Lipinski definition) is 1. The molecule has 3 rings (SSSR count). The lowest BCUT2D eigenvalue weighted by atomic mass is 10.1. The molecule has 0 amide bonds. The van der Waals surface area contributed by atoms with Gasteiger partial charge < -0.3 is 10.1 Å². The first-order chi connectivity index (χ1) is 13.9. The van der Waals surface area contributed by atoms with Gasteiger partial charge in [0.1, 0.15) is 11.6 Å². The predicted molar refractivity (Wildman–Crippen MR) is 115 cm³/mol. The minimum absolute atomic E-state index is 0.233. The molecule has 29 heavy (non-hydrogen) atoms. The number of aryl methyl sites for hydroxylation is 1. The van der Waals surface area contributed by atoms with Crippen LogP contribution < -0.4 is 10.1 Å². The van der Waals surface area contributed by atoms with Gasteiger partial charge >= 0.3 is 0 Å². The minimum Gasteiger partial charge on any atom is -0.497 e. The Morgan fingerprint density at radius 3 is 2.45 bits per heavy atom. The van der Waals surface area contributed by atoms with Crippen molar-refractivity contribution in [2.45, 2.75) is 18.2 Å². The summed E-state index contributed by atoms with van der Waals surface area (Å²) in [6.07, 6.45) is 0.671. The van der Waals surface area contributed by atoms with E-state index in [0.29, 0.717) is 30.4 Å². The molecule has 1 aromatic heterocycles. The van der Waals surface area contributed by atoms with Gasteiger partial charge in [-0.15, -0.1) is 0 Å². The number of nitrogens with zero attached hydrogens (tertiary/aromatic N) is 3. The van der Waals surface area contributed by atoms with Crippen LogP contribution in [0.1, 0.15) is 17.0 Å². The average Bonchev–Trinajstić information content (AvgIpc) is 3.17. The van der Waals surface area contributed by atoms with Crippen LogP contribution in [0.15, 0.2) is 53.4 Å². The van der Waals surface area contributed by atoms with Gasteiger partial charge in [0.05, 0.1) is 12.0 Å². The fraction of sp³-hybridized carbons (Fsp3) is 0.300. The fourth-order valence-corrected chi connectivity index (χ4v) is 4.44. The van der Waals surface area contributed by atoms with Crippen LogP contribution in [-0.2, 0) is 16.4 Å². The Labute approximate surface area is 175 Å². The highest BCUT2D eigenvalue weighted by Gasteiger charge is 2.20. The van der Waals surface area contributed by atoms with E-state index in [1.54, 1.807) is 38.4 Å². The Bertz CT molecular complexity index is 1030. The van der Waals surface area contributed by atoms with Gasteiger partial charge in [0.15, 0.2) is 0 Å². The average molecular weight is 433 g/mol. The van der Waals surface area contributed by atoms with Crippen LogP contribution in [0.4, 0.5) is 5.13 Å². The first-order valence-corrected chi connectivity index (χ1v) is 11.3. The summed E-state index contributed by atoms with van der Waals surface area (Å²) in [6.45, 7) is 2.80. The van der Waals surface area contributed by atoms with Crippen LogP contribution in [0, 0.1) is 6.92 Å². The molecule has 0 saturated carbocycles. The van der Waals surface area contributed by atoms with Crippen LogP contribution >= 0.6 is 11.5 Å². The van der Waals surface area contributed by atoms with E-state index in [0.717, 1.165) is 11.4 Å². The second kappa shape index (κ2) is 9.34. The molecule has 7 nitrogen and oxygen atoms in total. The molecule has 0 bridgehead atoms. The third-order valence-electron chi connectivity index (χ3n) is 4.42. The molecule has 0 atom stereocenters. The molecule has 0 fully saturated rings. The second-order valence-electron chi connectivity index (χ2n) is 6.61. The van der Waals surface area contributed by atoms with E-state index in [2.05, 4.69) is 45.9 Å². The van der Waals surface area contributed by atoms with Gasteiger partial charge in [0, 0.05) is 38.1 Å². The van der Waals surface area contributed by atoms with Crippen molar-refractivity contribution >= 4 is 26.7 Å². The van der Waals surface area contributed by atoms with E-state index in [-0.39, 0.29) is 4.90 Å². The van der Waals surface area contributed by atoms with Gasteiger partial charge in [0.25, 0.3) is 0 Å². The molecule has 0 unspecified atom stereocenters. The van der Waals surface area contributed by atoms with Crippen molar-refractivity contribution in [3.63, 3.8) is 0 Å². The third-order valence-corrected chi connectivity index (χ3v) is 7.00. The summed E-state index contributed by atoms with van der Waals surface area (Å²) in [5.74, 6) is 1.37. The molecule has 1 heterocycles. The molecule has 9 heteroatoms. The van der Waals surface area contributed by atoms with Crippen molar-refractivity contribution in [2.75, 3.05) is 32.6 Å². The van der Waals surface area contributed by atoms with Crippen LogP contribution in [0.25, 0.3) is 0 Å². The Kier molecular flexibility index (Phi) is 6.83. The number of benzene rings is 2. The zero-order chi connectivity index (χ0) is 20.9. The fourth-order valence-electron chi connectivity index (χ4n) is 2.65. The normalized spacial score (nSPS) is 11.6. The third kappa shape index (κ3) is 5.53. The van der Waals surface area contributed by atoms with Crippen LogP contribution in [-0.4, -0.2) is 49.3 Å². The van der Waals surface area contributed by atoms with Gasteiger partial charge in [-0.05, 0) is 36.8 Å². The van der Waals surface area contributed by atoms with E-state index in [1.807, 2.05) is 0 Å². The predicted octanol–water partition coefficient (Wildman–Crippen LogP) is 3.18. The van der Waals surface area contributed by atoms with E-state index in [9.17, 15) is 8.42 Å². The van der Waals surface area contributed by atoms with Crippen molar-refractivity contribution in [3.05, 3.63) is 65.5 Å². The molecule has 154 valence electrons. The molecule has 0 spiro atoms. The molecule has 2 aromatic carbocycles. The van der Waals surface area contributed by atoms with Crippen LogP contribution in [0.5, 0.6) is 5.75 Å². The molecule has 0 aliphatic carbocycles. The van der Waals surface area contributed by atoms with E-state index < -0.39 is 10.0 Å². The summed E-state index contributed by atoms with van der Waals surface area (Å²) in [5.41, 5.74) is 2.38. The number of likely N-dealkylation sites (N-methyl/N-ethyl adjacent to an activating group) is 1. The number of anilines is 1. The summed E-state index contributed by atoms with van der Waals surface area (Å²) < 4.78 is 36.0. The standard InChI is InChI=1S/C20H24N4O3S2/c1-15-4-6-16(7-5-15)14-19-22-20(28-23-19)21-12-13-24(2)29(25,26)18-10-8-17(27-3)9-11-18/h4-11H,12-14H2,1-3H3,(H,21,22,23). The summed E-state index contributed by atoms with van der Waals surface area (Å²) in [7, 11) is -0.450. The largest absolute Gasteiger partial charge is 0.497 e. The number of sulfonamides is 1. The van der Waals surface area contributed by atoms with E-state index >= 15 is 0 Å². The highest BCUT2D eigenvalue weighted by atomic mass is 32.2. The SMILES string of the molecule is COc1ccc(S(=O)(=O)N(C)CCNc2nc(Cc3ccc(C)cc3)ns2)cc1. The first kappa shape index (κ1) is 21.2. The lowest BCUT2D eigenvalue weighted by Gasteiger charge is -2.17. The lowest BCUT2D eigenvalue weighted by molar-refractivity contribution is 0.414. The summed E-state index contributed by atoms with van der Waals surface area (Å²) in [4.78, 5) is 4.71. The van der Waals surface area contributed by atoms with Crippen molar-refractivity contribution in [1.29, 1.82) is 0 Å². The van der Waals surface area contributed by atoms with Crippen molar-refractivity contribution < 1.29 is 13.2 Å². The molecular formula is C20H24N4O3S2. The number of hydrogen-bond acceptors (Lipinski definition) is 7. The molecule has 0 saturated heterocycles. The Balaban J connectivity index is 1.52.